The molecule has 2 heterocycles. The topological polar surface area (TPSA) is 68.0 Å². The summed E-state index contributed by atoms with van der Waals surface area (Å²) in [5.41, 5.74) is -0.929. The quantitative estimate of drug-likeness (QED) is 0.814. The number of hydrogen-bond acceptors (Lipinski definition) is 3. The Morgan fingerprint density at radius 3 is 2.47 bits per heavy atom. The van der Waals surface area contributed by atoms with Crippen molar-refractivity contribution in [3.63, 3.8) is 0 Å². The second-order valence-corrected chi connectivity index (χ2v) is 4.81. The normalized spacial score (nSPS) is 11.7. The molecule has 0 atom stereocenters. The molecule has 0 saturated carbocycles. The molecule has 0 fully saturated rings. The molecule has 2 rings (SSSR count). The molecular formula is C12H14N2O3. The number of aromatic amines is 1. The minimum Gasteiger partial charge on any atom is -0.463 e. The van der Waals surface area contributed by atoms with E-state index in [1.165, 1.54) is 16.9 Å². The van der Waals surface area contributed by atoms with Gasteiger partial charge >= 0.3 is 5.69 Å². The van der Waals surface area contributed by atoms with Gasteiger partial charge in [0.05, 0.1) is 12.0 Å². The van der Waals surface area contributed by atoms with Crippen LogP contribution in [0.15, 0.2) is 38.5 Å². The van der Waals surface area contributed by atoms with E-state index in [-0.39, 0.29) is 5.56 Å². The van der Waals surface area contributed by atoms with Crippen LogP contribution in [-0.2, 0) is 5.54 Å². The molecule has 0 aromatic carbocycles. The van der Waals surface area contributed by atoms with Crippen molar-refractivity contribution in [2.24, 2.45) is 0 Å². The summed E-state index contributed by atoms with van der Waals surface area (Å²) >= 11 is 0. The van der Waals surface area contributed by atoms with Gasteiger partial charge in [0.2, 0.25) is 0 Å². The van der Waals surface area contributed by atoms with E-state index in [1.54, 1.807) is 32.9 Å². The zero-order valence-corrected chi connectivity index (χ0v) is 9.98. The third-order valence-corrected chi connectivity index (χ3v) is 2.39. The first-order chi connectivity index (χ1) is 7.89. The van der Waals surface area contributed by atoms with Crippen LogP contribution in [0.25, 0.3) is 11.5 Å². The predicted octanol–water partition coefficient (Wildman–Crippen LogP) is 1.55. The molecule has 2 aromatic heterocycles. The minimum atomic E-state index is -0.549. The Bertz CT molecular complexity index is 596. The summed E-state index contributed by atoms with van der Waals surface area (Å²) in [4.78, 5) is 26.4. The average molecular weight is 234 g/mol. The van der Waals surface area contributed by atoms with E-state index in [0.29, 0.717) is 11.5 Å². The van der Waals surface area contributed by atoms with Gasteiger partial charge in [-0.25, -0.2) is 4.79 Å². The molecule has 1 N–H and O–H groups in total. The molecule has 2 aromatic rings. The van der Waals surface area contributed by atoms with Gasteiger partial charge in [-0.05, 0) is 32.9 Å². The Labute approximate surface area is 97.7 Å². The van der Waals surface area contributed by atoms with Crippen LogP contribution in [0.2, 0.25) is 0 Å². The molecule has 0 bridgehead atoms. The van der Waals surface area contributed by atoms with Crippen molar-refractivity contribution in [1.82, 2.24) is 9.55 Å². The first kappa shape index (κ1) is 11.4. The van der Waals surface area contributed by atoms with Crippen molar-refractivity contribution < 1.29 is 4.42 Å². The molecule has 0 aliphatic heterocycles. The maximum Gasteiger partial charge on any atom is 0.329 e. The molecule has 0 aliphatic carbocycles. The van der Waals surface area contributed by atoms with Gasteiger partial charge in [-0.15, -0.1) is 0 Å². The molecule has 0 radical (unpaired) electrons. The summed E-state index contributed by atoms with van der Waals surface area (Å²) < 4.78 is 6.32. The average Bonchev–Trinajstić information content (AvgIpc) is 2.66. The van der Waals surface area contributed by atoms with Gasteiger partial charge in [0.15, 0.2) is 0 Å². The number of furan rings is 1. The van der Waals surface area contributed by atoms with Gasteiger partial charge < -0.3 is 9.40 Å². The van der Waals surface area contributed by atoms with Gasteiger partial charge in [-0.2, -0.15) is 0 Å². The van der Waals surface area contributed by atoms with Gasteiger partial charge in [0.25, 0.3) is 5.56 Å². The van der Waals surface area contributed by atoms with Crippen LogP contribution in [0.3, 0.4) is 0 Å². The Balaban J connectivity index is 2.66. The first-order valence-electron chi connectivity index (χ1n) is 5.30. The summed E-state index contributed by atoms with van der Waals surface area (Å²) in [6.45, 7) is 5.41. The first-order valence-corrected chi connectivity index (χ1v) is 5.30. The number of nitrogens with one attached hydrogen (secondary N) is 1. The van der Waals surface area contributed by atoms with Gasteiger partial charge in [0.1, 0.15) is 5.76 Å². The number of H-pyrrole nitrogens is 1. The standard InChI is InChI=1S/C12H14N2O3/c1-12(2,3)14-10(15)7-8(13-11(14)16)9-5-4-6-17-9/h4-7H,1-3H3,(H,13,16). The third-order valence-electron chi connectivity index (χ3n) is 2.39. The zero-order chi connectivity index (χ0) is 12.6. The molecule has 17 heavy (non-hydrogen) atoms. The molecule has 0 saturated heterocycles. The van der Waals surface area contributed by atoms with Crippen molar-refractivity contribution in [2.75, 3.05) is 0 Å². The van der Waals surface area contributed by atoms with Crippen LogP contribution in [-0.4, -0.2) is 9.55 Å². The fourth-order valence-electron chi connectivity index (χ4n) is 1.70. The van der Waals surface area contributed by atoms with Crippen LogP contribution >= 0.6 is 0 Å². The van der Waals surface area contributed by atoms with Crippen molar-refractivity contribution in [3.05, 3.63) is 45.3 Å². The monoisotopic (exact) mass is 234 g/mol. The molecule has 0 amide bonds. The van der Waals surface area contributed by atoms with Crippen molar-refractivity contribution in [2.45, 2.75) is 26.3 Å². The largest absolute Gasteiger partial charge is 0.463 e. The summed E-state index contributed by atoms with van der Waals surface area (Å²) in [5.74, 6) is 0.472. The lowest BCUT2D eigenvalue weighted by atomic mass is 10.1. The molecule has 0 unspecified atom stereocenters. The highest BCUT2D eigenvalue weighted by atomic mass is 16.3. The molecule has 5 heteroatoms. The van der Waals surface area contributed by atoms with Crippen molar-refractivity contribution in [1.29, 1.82) is 0 Å². The van der Waals surface area contributed by atoms with Crippen LogP contribution in [0.1, 0.15) is 20.8 Å². The lowest BCUT2D eigenvalue weighted by Gasteiger charge is -2.20. The number of nitrogens with zero attached hydrogens (tertiary/aromatic N) is 1. The number of aromatic nitrogens is 2. The molecular weight excluding hydrogens is 220 g/mol. The van der Waals surface area contributed by atoms with E-state index < -0.39 is 11.2 Å². The lowest BCUT2D eigenvalue weighted by Crippen LogP contribution is -2.44. The molecule has 0 aliphatic rings. The summed E-state index contributed by atoms with van der Waals surface area (Å²) in [6.07, 6.45) is 1.49. The fraction of sp³-hybridized carbons (Fsp3) is 0.333. The molecule has 0 spiro atoms. The SMILES string of the molecule is CC(C)(C)n1c(=O)cc(-c2ccco2)[nH]c1=O. The number of rotatable bonds is 1. The smallest absolute Gasteiger partial charge is 0.329 e. The summed E-state index contributed by atoms with van der Waals surface area (Å²) in [5, 5.41) is 0. The van der Waals surface area contributed by atoms with E-state index in [1.807, 2.05) is 0 Å². The van der Waals surface area contributed by atoms with Gasteiger partial charge in [-0.1, -0.05) is 0 Å². The highest BCUT2D eigenvalue weighted by Gasteiger charge is 2.18. The molecule has 90 valence electrons. The van der Waals surface area contributed by atoms with Crippen LogP contribution in [0.4, 0.5) is 0 Å². The fourth-order valence-corrected chi connectivity index (χ4v) is 1.70. The van der Waals surface area contributed by atoms with E-state index in [9.17, 15) is 9.59 Å². The van der Waals surface area contributed by atoms with Crippen LogP contribution in [0, 0.1) is 0 Å². The maximum atomic E-state index is 11.9. The van der Waals surface area contributed by atoms with Crippen molar-refractivity contribution >= 4 is 0 Å². The Hall–Kier alpha value is -2.04. The van der Waals surface area contributed by atoms with E-state index in [2.05, 4.69) is 4.98 Å². The second kappa shape index (κ2) is 3.76. The minimum absolute atomic E-state index is 0.340. The van der Waals surface area contributed by atoms with Crippen LogP contribution in [0.5, 0.6) is 0 Å². The zero-order valence-electron chi connectivity index (χ0n) is 9.98. The van der Waals surface area contributed by atoms with E-state index in [0.717, 1.165) is 0 Å². The Morgan fingerprint density at radius 1 is 1.29 bits per heavy atom. The van der Waals surface area contributed by atoms with Gasteiger partial charge in [0, 0.05) is 11.6 Å². The van der Waals surface area contributed by atoms with Gasteiger partial charge in [-0.3, -0.25) is 9.36 Å². The molecule has 5 nitrogen and oxygen atoms in total. The highest BCUT2D eigenvalue weighted by Crippen LogP contribution is 2.14. The Morgan fingerprint density at radius 2 is 2.00 bits per heavy atom. The third kappa shape index (κ3) is 2.08. The maximum absolute atomic E-state index is 11.9. The van der Waals surface area contributed by atoms with E-state index in [4.69, 9.17) is 4.42 Å². The number of hydrogen-bond donors (Lipinski definition) is 1. The Kier molecular flexibility index (Phi) is 2.53. The summed E-state index contributed by atoms with van der Waals surface area (Å²) in [7, 11) is 0. The highest BCUT2D eigenvalue weighted by molar-refractivity contribution is 5.50. The van der Waals surface area contributed by atoms with Crippen molar-refractivity contribution in [3.8, 4) is 11.5 Å². The predicted molar refractivity (Wildman–Crippen MR) is 64.0 cm³/mol. The summed E-state index contributed by atoms with van der Waals surface area (Å²) in [6, 6.07) is 4.75. The van der Waals surface area contributed by atoms with E-state index >= 15 is 0 Å². The van der Waals surface area contributed by atoms with Crippen LogP contribution < -0.4 is 11.2 Å². The lowest BCUT2D eigenvalue weighted by molar-refractivity contribution is 0.366. The second-order valence-electron chi connectivity index (χ2n) is 4.81.